The second kappa shape index (κ2) is 5.48. The molecule has 2 aliphatic rings. The van der Waals surface area contributed by atoms with Gasteiger partial charge in [0.15, 0.2) is 0 Å². The van der Waals surface area contributed by atoms with Gasteiger partial charge >= 0.3 is 113 Å². The van der Waals surface area contributed by atoms with E-state index in [-0.39, 0.29) is 0 Å². The van der Waals surface area contributed by atoms with Gasteiger partial charge in [0.1, 0.15) is 0 Å². The quantitative estimate of drug-likeness (QED) is 0.632. The Balaban J connectivity index is 2.13. The average molecular weight is 315 g/mol. The number of hydrogen-bond donors (Lipinski definition) is 0. The topological polar surface area (TPSA) is 0 Å². The summed E-state index contributed by atoms with van der Waals surface area (Å²) in [5.74, 6) is 0. The number of allylic oxidation sites excluding steroid dienone is 8. The van der Waals surface area contributed by atoms with Gasteiger partial charge in [-0.15, -0.1) is 0 Å². The van der Waals surface area contributed by atoms with Gasteiger partial charge in [0.25, 0.3) is 0 Å². The van der Waals surface area contributed by atoms with E-state index in [0.717, 1.165) is 0 Å². The van der Waals surface area contributed by atoms with Crippen LogP contribution in [0.3, 0.4) is 0 Å². The van der Waals surface area contributed by atoms with E-state index in [1.165, 1.54) is 25.7 Å². The van der Waals surface area contributed by atoms with Crippen LogP contribution in [0.5, 0.6) is 0 Å². The summed E-state index contributed by atoms with van der Waals surface area (Å²) in [6.07, 6.45) is 16.7. The molecule has 2 aliphatic carbocycles. The van der Waals surface area contributed by atoms with Crippen molar-refractivity contribution in [1.29, 1.82) is 0 Å². The van der Waals surface area contributed by atoms with E-state index in [4.69, 9.17) is 0 Å². The van der Waals surface area contributed by atoms with Crippen LogP contribution in [0.4, 0.5) is 0 Å². The molecule has 0 atom stereocenters. The minimum absolute atomic E-state index is 0.300. The van der Waals surface area contributed by atoms with Crippen LogP contribution in [0.2, 0.25) is 0 Å². The molecule has 0 saturated heterocycles. The van der Waals surface area contributed by atoms with Crippen molar-refractivity contribution in [3.8, 4) is 0 Å². The van der Waals surface area contributed by atoms with E-state index in [1.54, 1.807) is 13.9 Å². The molecular weight excluding hydrogens is 293 g/mol. The van der Waals surface area contributed by atoms with Crippen LogP contribution < -0.4 is 0 Å². The van der Waals surface area contributed by atoms with Crippen LogP contribution in [-0.2, 0) is 17.1 Å². The fourth-order valence-electron chi connectivity index (χ4n) is 2.15. The Labute approximate surface area is 113 Å². The summed E-state index contributed by atoms with van der Waals surface area (Å²) in [5, 5.41) is 0. The summed E-state index contributed by atoms with van der Waals surface area (Å²) in [5.41, 5.74) is 1.92. The van der Waals surface area contributed by atoms with E-state index in [0.29, 0.717) is 22.5 Å². The summed E-state index contributed by atoms with van der Waals surface area (Å²) >= 11 is 0.300. The van der Waals surface area contributed by atoms with E-state index >= 15 is 0 Å². The second-order valence-electron chi connectivity index (χ2n) is 5.67. The molecule has 0 aromatic rings. The van der Waals surface area contributed by atoms with Gasteiger partial charge in [-0.3, -0.25) is 0 Å². The molecule has 0 saturated carbocycles. The molecule has 0 aromatic heterocycles. The summed E-state index contributed by atoms with van der Waals surface area (Å²) in [4.78, 5) is 0. The number of rotatable bonds is 2. The Kier molecular flexibility index (Phi) is 4.20. The van der Waals surface area contributed by atoms with Gasteiger partial charge in [0.05, 0.1) is 0 Å². The zero-order chi connectivity index (χ0) is 12.3. The molecule has 0 aliphatic heterocycles. The van der Waals surface area contributed by atoms with Gasteiger partial charge < -0.3 is 0 Å². The first-order chi connectivity index (χ1) is 8.07. The van der Waals surface area contributed by atoms with Gasteiger partial charge in [-0.1, -0.05) is 0 Å². The Bertz CT molecular complexity index is 400. The zero-order valence-electron chi connectivity index (χ0n) is 11.1. The molecule has 94 valence electrons. The van der Waals surface area contributed by atoms with Crippen molar-refractivity contribution in [3.63, 3.8) is 0 Å². The first-order valence-corrected chi connectivity index (χ1v) is 8.19. The van der Waals surface area contributed by atoms with Gasteiger partial charge in [0.2, 0.25) is 0 Å². The fraction of sp³-hybridized carbons (Fsp3) is 0.500. The third kappa shape index (κ3) is 3.52. The molecule has 0 bridgehead atoms. The maximum absolute atomic E-state index is 2.37. The molecule has 1 heteroatoms. The molecule has 2 rings (SSSR count). The predicted molar refractivity (Wildman–Crippen MR) is 71.3 cm³/mol. The van der Waals surface area contributed by atoms with Gasteiger partial charge in [-0.25, -0.2) is 0 Å². The van der Waals surface area contributed by atoms with Crippen molar-refractivity contribution in [2.75, 3.05) is 0 Å². The monoisotopic (exact) mass is 316 g/mol. The summed E-state index contributed by atoms with van der Waals surface area (Å²) < 4.78 is 3.43. The van der Waals surface area contributed by atoms with E-state index in [1.807, 2.05) is 0 Å². The molecule has 0 radical (unpaired) electrons. The van der Waals surface area contributed by atoms with Crippen molar-refractivity contribution < 1.29 is 17.1 Å². The van der Waals surface area contributed by atoms with E-state index in [9.17, 15) is 0 Å². The van der Waals surface area contributed by atoms with Crippen molar-refractivity contribution in [2.45, 2.75) is 46.5 Å². The van der Waals surface area contributed by atoms with Crippen LogP contribution in [0.25, 0.3) is 0 Å². The normalized spacial score (nSPS) is 21.0. The Morgan fingerprint density at radius 3 is 2.76 bits per heavy atom. The van der Waals surface area contributed by atoms with Gasteiger partial charge in [-0.05, 0) is 0 Å². The molecule has 0 aromatic carbocycles. The van der Waals surface area contributed by atoms with Gasteiger partial charge in [0, 0.05) is 0 Å². The van der Waals surface area contributed by atoms with Crippen LogP contribution in [-0.4, -0.2) is 0 Å². The minimum atomic E-state index is 0.300. The third-order valence-electron chi connectivity index (χ3n) is 3.08. The SMILES string of the molecule is CC(C)(C)C1=[C]([Ru][C]2=CC=CCCC2)CC=C1. The van der Waals surface area contributed by atoms with E-state index in [2.05, 4.69) is 51.2 Å². The predicted octanol–water partition coefficient (Wildman–Crippen LogP) is 4.95. The van der Waals surface area contributed by atoms with Crippen molar-refractivity contribution in [2.24, 2.45) is 5.41 Å². The fourth-order valence-corrected chi connectivity index (χ4v) is 5.08. The van der Waals surface area contributed by atoms with E-state index < -0.39 is 0 Å². The van der Waals surface area contributed by atoms with Crippen molar-refractivity contribution in [1.82, 2.24) is 0 Å². The number of hydrogen-bond acceptors (Lipinski definition) is 0. The van der Waals surface area contributed by atoms with Crippen molar-refractivity contribution in [3.05, 3.63) is 44.3 Å². The van der Waals surface area contributed by atoms with Crippen LogP contribution >= 0.6 is 0 Å². The average Bonchev–Trinajstić information content (AvgIpc) is 2.55. The first kappa shape index (κ1) is 13.0. The molecule has 0 spiro atoms. The second-order valence-corrected chi connectivity index (χ2v) is 8.27. The molecule has 0 unspecified atom stereocenters. The molecule has 0 nitrogen and oxygen atoms in total. The van der Waals surface area contributed by atoms with Crippen molar-refractivity contribution >= 4 is 0 Å². The molecule has 0 amide bonds. The van der Waals surface area contributed by atoms with Crippen LogP contribution in [0.1, 0.15) is 46.5 Å². The Morgan fingerprint density at radius 1 is 1.18 bits per heavy atom. The summed E-state index contributed by atoms with van der Waals surface area (Å²) in [6, 6.07) is 0. The summed E-state index contributed by atoms with van der Waals surface area (Å²) in [6.45, 7) is 7.00. The summed E-state index contributed by atoms with van der Waals surface area (Å²) in [7, 11) is 0. The Morgan fingerprint density at radius 2 is 2.00 bits per heavy atom. The van der Waals surface area contributed by atoms with Crippen LogP contribution in [0, 0.1) is 5.41 Å². The standard InChI is InChI=1S/C9H13.C7H9.Ru/c1-9(2,3)8-6-4-5-7-8;1-2-4-6-7-5-3-1;/h4,6H,5H2,1-3H3;1-3H,4,6-7H2;. The first-order valence-electron chi connectivity index (χ1n) is 6.45. The van der Waals surface area contributed by atoms with Crippen LogP contribution in [0.15, 0.2) is 44.3 Å². The Hall–Kier alpha value is -0.417. The third-order valence-corrected chi connectivity index (χ3v) is 5.71. The molecular formula is C16H22Ru. The molecule has 0 fully saturated rings. The van der Waals surface area contributed by atoms with Gasteiger partial charge in [-0.2, -0.15) is 0 Å². The molecule has 0 N–H and O–H groups in total. The molecule has 17 heavy (non-hydrogen) atoms. The maximum atomic E-state index is 2.37. The zero-order valence-corrected chi connectivity index (χ0v) is 12.8. The molecule has 0 heterocycles.